The van der Waals surface area contributed by atoms with E-state index in [1.165, 1.54) is 11.3 Å². The van der Waals surface area contributed by atoms with Gasteiger partial charge in [-0.25, -0.2) is 0 Å². The average Bonchev–Trinajstić information content (AvgIpc) is 2.83. The second kappa shape index (κ2) is 7.08. The molecule has 2 amide bonds. The molecule has 1 unspecified atom stereocenters. The van der Waals surface area contributed by atoms with Gasteiger partial charge in [0.25, 0.3) is 5.91 Å². The van der Waals surface area contributed by atoms with Crippen LogP contribution < -0.4 is 5.73 Å². The summed E-state index contributed by atoms with van der Waals surface area (Å²) in [4.78, 5) is 26.4. The third-order valence-corrected chi connectivity index (χ3v) is 6.30. The van der Waals surface area contributed by atoms with Crippen LogP contribution in [0.4, 0.5) is 0 Å². The number of piperidine rings is 1. The average molecular weight is 406 g/mol. The van der Waals surface area contributed by atoms with E-state index in [1.807, 2.05) is 0 Å². The summed E-state index contributed by atoms with van der Waals surface area (Å²) in [5.41, 5.74) is 5.32. The van der Waals surface area contributed by atoms with Crippen LogP contribution in [0.3, 0.4) is 0 Å². The van der Waals surface area contributed by atoms with Gasteiger partial charge in [-0.15, -0.1) is 11.3 Å². The van der Waals surface area contributed by atoms with Crippen LogP contribution in [0.2, 0.25) is 15.1 Å². The van der Waals surface area contributed by atoms with Gasteiger partial charge in [0.15, 0.2) is 0 Å². The number of hydrogen-bond donors (Lipinski definition) is 1. The fourth-order valence-corrected chi connectivity index (χ4v) is 5.42. The Labute approximate surface area is 158 Å². The van der Waals surface area contributed by atoms with Crippen LogP contribution in [0.1, 0.15) is 35.4 Å². The lowest BCUT2D eigenvalue weighted by Crippen LogP contribution is -2.45. The lowest BCUT2D eigenvalue weighted by atomic mass is 9.99. The number of benzene rings is 1. The summed E-state index contributed by atoms with van der Waals surface area (Å²) in [6, 6.07) is 3.17. The number of nitrogens with two attached hydrogens (primary N) is 1. The minimum absolute atomic E-state index is 0.167. The van der Waals surface area contributed by atoms with Crippen molar-refractivity contribution in [2.24, 2.45) is 5.73 Å². The van der Waals surface area contributed by atoms with Crippen molar-refractivity contribution in [2.75, 3.05) is 6.54 Å². The third kappa shape index (κ3) is 3.36. The highest BCUT2D eigenvalue weighted by atomic mass is 35.5. The van der Waals surface area contributed by atoms with Gasteiger partial charge in [0.2, 0.25) is 5.91 Å². The molecule has 1 saturated heterocycles. The van der Waals surface area contributed by atoms with Crippen molar-refractivity contribution in [3.05, 3.63) is 32.1 Å². The molecule has 0 bridgehead atoms. The van der Waals surface area contributed by atoms with Crippen molar-refractivity contribution in [3.63, 3.8) is 0 Å². The maximum Gasteiger partial charge on any atom is 0.265 e. The van der Waals surface area contributed by atoms with Gasteiger partial charge in [0, 0.05) is 34.1 Å². The molecule has 0 spiro atoms. The molecule has 8 heteroatoms. The molecule has 2 aromatic rings. The van der Waals surface area contributed by atoms with Crippen LogP contribution in [-0.4, -0.2) is 29.3 Å². The molecule has 1 atom stereocenters. The molecule has 128 valence electrons. The molecule has 1 aromatic carbocycles. The van der Waals surface area contributed by atoms with E-state index in [4.69, 9.17) is 40.5 Å². The molecule has 0 aliphatic carbocycles. The topological polar surface area (TPSA) is 63.4 Å². The van der Waals surface area contributed by atoms with E-state index < -0.39 is 5.91 Å². The zero-order valence-corrected chi connectivity index (χ0v) is 15.7. The summed E-state index contributed by atoms with van der Waals surface area (Å²) < 4.78 is 0.768. The van der Waals surface area contributed by atoms with Gasteiger partial charge in [0.05, 0.1) is 10.0 Å². The first-order chi connectivity index (χ1) is 11.4. The van der Waals surface area contributed by atoms with Crippen LogP contribution in [0.5, 0.6) is 0 Å². The highest BCUT2D eigenvalue weighted by Gasteiger charge is 2.31. The molecular weight excluding hydrogens is 391 g/mol. The molecule has 1 aliphatic rings. The molecule has 0 saturated carbocycles. The van der Waals surface area contributed by atoms with Crippen molar-refractivity contribution in [2.45, 2.75) is 31.7 Å². The number of hydrogen-bond acceptors (Lipinski definition) is 3. The van der Waals surface area contributed by atoms with E-state index >= 15 is 0 Å². The van der Waals surface area contributed by atoms with Crippen LogP contribution in [0.15, 0.2) is 12.1 Å². The van der Waals surface area contributed by atoms with Gasteiger partial charge in [-0.05, 0) is 31.4 Å². The Balaban J connectivity index is 1.99. The summed E-state index contributed by atoms with van der Waals surface area (Å²) in [6.45, 7) is 0.593. The Bertz CT molecular complexity index is 821. The maximum atomic E-state index is 13.0. The highest BCUT2D eigenvalue weighted by molar-refractivity contribution is 7.21. The SMILES string of the molecule is NC(=O)CC1CCCCN1C(=O)c1sc2cc(Cl)cc(Cl)c2c1Cl. The fourth-order valence-electron chi connectivity index (χ4n) is 3.09. The van der Waals surface area contributed by atoms with E-state index in [0.29, 0.717) is 31.9 Å². The Morgan fingerprint density at radius 2 is 2.00 bits per heavy atom. The minimum atomic E-state index is -0.406. The summed E-state index contributed by atoms with van der Waals surface area (Å²) >= 11 is 19.9. The summed E-state index contributed by atoms with van der Waals surface area (Å²) in [5, 5.41) is 1.89. The summed E-state index contributed by atoms with van der Waals surface area (Å²) in [7, 11) is 0. The molecule has 24 heavy (non-hydrogen) atoms. The van der Waals surface area contributed by atoms with E-state index in [-0.39, 0.29) is 18.4 Å². The Morgan fingerprint density at radius 3 is 2.71 bits per heavy atom. The molecule has 1 aliphatic heterocycles. The number of fused-ring (bicyclic) bond motifs is 1. The van der Waals surface area contributed by atoms with E-state index in [2.05, 4.69) is 0 Å². The van der Waals surface area contributed by atoms with Crippen molar-refractivity contribution in [1.82, 2.24) is 4.90 Å². The Morgan fingerprint density at radius 1 is 1.25 bits per heavy atom. The van der Waals surface area contributed by atoms with Gasteiger partial charge in [-0.1, -0.05) is 34.8 Å². The number of nitrogens with zero attached hydrogens (tertiary/aromatic N) is 1. The van der Waals surface area contributed by atoms with Gasteiger partial charge in [-0.3, -0.25) is 9.59 Å². The molecule has 3 rings (SSSR count). The van der Waals surface area contributed by atoms with Crippen molar-refractivity contribution < 1.29 is 9.59 Å². The number of carbonyl (C=O) groups excluding carboxylic acids is 2. The van der Waals surface area contributed by atoms with Crippen LogP contribution >= 0.6 is 46.1 Å². The number of thiophene rings is 1. The first kappa shape index (κ1) is 17.8. The minimum Gasteiger partial charge on any atom is -0.370 e. The smallest absolute Gasteiger partial charge is 0.265 e. The molecule has 2 N–H and O–H groups in total. The van der Waals surface area contributed by atoms with E-state index in [9.17, 15) is 9.59 Å². The lowest BCUT2D eigenvalue weighted by molar-refractivity contribution is -0.119. The first-order valence-corrected chi connectivity index (χ1v) is 9.50. The molecule has 2 heterocycles. The van der Waals surface area contributed by atoms with Crippen LogP contribution in [-0.2, 0) is 4.79 Å². The zero-order valence-electron chi connectivity index (χ0n) is 12.7. The summed E-state index contributed by atoms with van der Waals surface area (Å²) in [6.07, 6.45) is 2.81. The van der Waals surface area contributed by atoms with Gasteiger partial charge >= 0.3 is 0 Å². The standard InChI is InChI=1S/C16H15Cl3N2O2S/c17-8-5-10(18)13-11(6-8)24-15(14(13)19)16(23)21-4-2-1-3-9(21)7-12(20)22/h5-6,9H,1-4,7H2,(H2,20,22). The zero-order chi connectivity index (χ0) is 17.4. The van der Waals surface area contributed by atoms with Crippen LogP contribution in [0, 0.1) is 0 Å². The number of carbonyl (C=O) groups is 2. The largest absolute Gasteiger partial charge is 0.370 e. The summed E-state index contributed by atoms with van der Waals surface area (Å²) in [5.74, 6) is -0.587. The predicted octanol–water partition coefficient (Wildman–Crippen LogP) is 4.73. The normalized spacial score (nSPS) is 18.1. The van der Waals surface area contributed by atoms with Gasteiger partial charge in [0.1, 0.15) is 4.88 Å². The quantitative estimate of drug-likeness (QED) is 0.802. The number of primary amides is 1. The highest BCUT2D eigenvalue weighted by Crippen LogP contribution is 2.42. The monoisotopic (exact) mass is 404 g/mol. The van der Waals surface area contributed by atoms with Crippen molar-refractivity contribution in [1.29, 1.82) is 0 Å². The number of halogens is 3. The molecule has 4 nitrogen and oxygen atoms in total. The molecule has 0 radical (unpaired) electrons. The third-order valence-electron chi connectivity index (χ3n) is 4.17. The lowest BCUT2D eigenvalue weighted by Gasteiger charge is -2.35. The molecule has 1 aromatic heterocycles. The molecular formula is C16H15Cl3N2O2S. The maximum absolute atomic E-state index is 13.0. The number of amides is 2. The fraction of sp³-hybridized carbons (Fsp3) is 0.375. The van der Waals surface area contributed by atoms with E-state index in [1.54, 1.807) is 17.0 Å². The van der Waals surface area contributed by atoms with E-state index in [0.717, 1.165) is 24.0 Å². The van der Waals surface area contributed by atoms with Crippen molar-refractivity contribution in [3.8, 4) is 0 Å². The second-order valence-corrected chi connectivity index (χ2v) is 8.10. The number of likely N-dealkylation sites (tertiary alicyclic amines) is 1. The van der Waals surface area contributed by atoms with Crippen LogP contribution in [0.25, 0.3) is 10.1 Å². The number of rotatable bonds is 3. The van der Waals surface area contributed by atoms with Gasteiger partial charge < -0.3 is 10.6 Å². The van der Waals surface area contributed by atoms with Crippen molar-refractivity contribution >= 4 is 68.0 Å². The van der Waals surface area contributed by atoms with Gasteiger partial charge in [-0.2, -0.15) is 0 Å². The first-order valence-electron chi connectivity index (χ1n) is 7.54. The molecule has 1 fully saturated rings. The predicted molar refractivity (Wildman–Crippen MR) is 99.3 cm³/mol. The Hall–Kier alpha value is -1.01. The second-order valence-electron chi connectivity index (χ2n) is 5.82. The Kier molecular flexibility index (Phi) is 5.25.